The minimum atomic E-state index is 0.0859. The number of amides is 1. The van der Waals surface area contributed by atoms with Gasteiger partial charge in [-0.2, -0.15) is 0 Å². The van der Waals surface area contributed by atoms with Gasteiger partial charge in [0, 0.05) is 42.4 Å². The summed E-state index contributed by atoms with van der Waals surface area (Å²) in [6.45, 7) is 3.08. The number of halogens is 1. The van der Waals surface area contributed by atoms with Gasteiger partial charge < -0.3 is 14.5 Å². The van der Waals surface area contributed by atoms with Crippen LogP contribution in [-0.4, -0.2) is 44.1 Å². The van der Waals surface area contributed by atoms with E-state index in [0.29, 0.717) is 0 Å². The summed E-state index contributed by atoms with van der Waals surface area (Å²) >= 11 is 3.46. The minimum absolute atomic E-state index is 0.0859. The largest absolute Gasteiger partial charge is 0.497 e. The number of carbonyl (C=O) groups is 1. The second-order valence-corrected chi connectivity index (χ2v) is 6.31. The molecule has 1 heterocycles. The SMILES string of the molecule is COc1cccc(N2CCN(C(=O)c3ccccc3Br)CC2)c1. The molecule has 1 saturated heterocycles. The fraction of sp³-hybridized carbons (Fsp3) is 0.278. The van der Waals surface area contributed by atoms with Crippen molar-refractivity contribution in [3.63, 3.8) is 0 Å². The van der Waals surface area contributed by atoms with E-state index >= 15 is 0 Å². The number of nitrogens with zero attached hydrogens (tertiary/aromatic N) is 2. The molecule has 5 heteroatoms. The quantitative estimate of drug-likeness (QED) is 0.824. The first-order valence-corrected chi connectivity index (χ1v) is 8.41. The molecule has 1 amide bonds. The van der Waals surface area contributed by atoms with Gasteiger partial charge >= 0.3 is 0 Å². The number of ether oxygens (including phenoxy) is 1. The Balaban J connectivity index is 1.66. The van der Waals surface area contributed by atoms with Crippen LogP contribution in [0, 0.1) is 0 Å². The molecule has 1 fully saturated rings. The molecule has 3 rings (SSSR count). The third kappa shape index (κ3) is 3.50. The first-order chi connectivity index (χ1) is 11.2. The highest BCUT2D eigenvalue weighted by molar-refractivity contribution is 9.10. The molecule has 0 aromatic heterocycles. The monoisotopic (exact) mass is 374 g/mol. The highest BCUT2D eigenvalue weighted by atomic mass is 79.9. The van der Waals surface area contributed by atoms with Crippen molar-refractivity contribution in [3.8, 4) is 5.75 Å². The molecule has 1 aliphatic heterocycles. The third-order valence-electron chi connectivity index (χ3n) is 4.09. The van der Waals surface area contributed by atoms with Gasteiger partial charge in [-0.05, 0) is 40.2 Å². The Morgan fingerprint density at radius 1 is 1.04 bits per heavy atom. The van der Waals surface area contributed by atoms with Crippen molar-refractivity contribution < 1.29 is 9.53 Å². The van der Waals surface area contributed by atoms with Crippen LogP contribution >= 0.6 is 15.9 Å². The molecule has 0 unspecified atom stereocenters. The smallest absolute Gasteiger partial charge is 0.255 e. The van der Waals surface area contributed by atoms with E-state index in [1.54, 1.807) is 7.11 Å². The normalized spacial score (nSPS) is 14.7. The fourth-order valence-electron chi connectivity index (χ4n) is 2.78. The predicted molar refractivity (Wildman–Crippen MR) is 95.3 cm³/mol. The number of piperazine rings is 1. The molecule has 23 heavy (non-hydrogen) atoms. The third-order valence-corrected chi connectivity index (χ3v) is 4.78. The molecule has 0 N–H and O–H groups in total. The summed E-state index contributed by atoms with van der Waals surface area (Å²) < 4.78 is 6.13. The van der Waals surface area contributed by atoms with Crippen molar-refractivity contribution in [2.24, 2.45) is 0 Å². The van der Waals surface area contributed by atoms with Crippen molar-refractivity contribution in [2.75, 3.05) is 38.2 Å². The maximum Gasteiger partial charge on any atom is 0.255 e. The van der Waals surface area contributed by atoms with Gasteiger partial charge in [0.05, 0.1) is 12.7 Å². The molecular weight excluding hydrogens is 356 g/mol. The minimum Gasteiger partial charge on any atom is -0.497 e. The van der Waals surface area contributed by atoms with E-state index in [2.05, 4.69) is 26.9 Å². The number of benzene rings is 2. The average Bonchev–Trinajstić information content (AvgIpc) is 2.62. The summed E-state index contributed by atoms with van der Waals surface area (Å²) in [5.41, 5.74) is 1.86. The number of hydrogen-bond acceptors (Lipinski definition) is 3. The lowest BCUT2D eigenvalue weighted by molar-refractivity contribution is 0.0746. The maximum atomic E-state index is 12.6. The summed E-state index contributed by atoms with van der Waals surface area (Å²) in [6, 6.07) is 15.6. The van der Waals surface area contributed by atoms with Crippen LogP contribution in [0.1, 0.15) is 10.4 Å². The van der Waals surface area contributed by atoms with Gasteiger partial charge in [-0.3, -0.25) is 4.79 Å². The number of methoxy groups -OCH3 is 1. The van der Waals surface area contributed by atoms with Crippen molar-refractivity contribution in [1.29, 1.82) is 0 Å². The van der Waals surface area contributed by atoms with Crippen LogP contribution in [0.2, 0.25) is 0 Å². The topological polar surface area (TPSA) is 32.8 Å². The lowest BCUT2D eigenvalue weighted by Crippen LogP contribution is -2.48. The standard InChI is InChI=1S/C18H19BrN2O2/c1-23-15-6-4-5-14(13-15)20-9-11-21(12-10-20)18(22)16-7-2-3-8-17(16)19/h2-8,13H,9-12H2,1H3. The molecule has 120 valence electrons. The maximum absolute atomic E-state index is 12.6. The molecule has 0 saturated carbocycles. The van der Waals surface area contributed by atoms with Gasteiger partial charge in [-0.15, -0.1) is 0 Å². The summed E-state index contributed by atoms with van der Waals surface area (Å²) in [5.74, 6) is 0.942. The van der Waals surface area contributed by atoms with E-state index in [0.717, 1.165) is 47.7 Å². The van der Waals surface area contributed by atoms with Crippen LogP contribution in [0.3, 0.4) is 0 Å². The summed E-state index contributed by atoms with van der Waals surface area (Å²) in [6.07, 6.45) is 0. The van der Waals surface area contributed by atoms with E-state index in [1.807, 2.05) is 47.4 Å². The van der Waals surface area contributed by atoms with Crippen LogP contribution < -0.4 is 9.64 Å². The Labute approximate surface area is 144 Å². The first kappa shape index (κ1) is 15.9. The van der Waals surface area contributed by atoms with E-state index in [-0.39, 0.29) is 5.91 Å². The molecule has 4 nitrogen and oxygen atoms in total. The fourth-order valence-corrected chi connectivity index (χ4v) is 3.23. The van der Waals surface area contributed by atoms with Gasteiger partial charge in [0.1, 0.15) is 5.75 Å². The van der Waals surface area contributed by atoms with Gasteiger partial charge in [0.25, 0.3) is 5.91 Å². The zero-order valence-corrected chi connectivity index (χ0v) is 14.6. The Kier molecular flexibility index (Phi) is 4.86. The Bertz CT molecular complexity index is 697. The number of rotatable bonds is 3. The molecule has 0 aliphatic carbocycles. The van der Waals surface area contributed by atoms with Gasteiger partial charge in [0.2, 0.25) is 0 Å². The van der Waals surface area contributed by atoms with Crippen molar-refractivity contribution in [1.82, 2.24) is 4.90 Å². The lowest BCUT2D eigenvalue weighted by atomic mass is 10.1. The van der Waals surface area contributed by atoms with Crippen molar-refractivity contribution in [2.45, 2.75) is 0 Å². The van der Waals surface area contributed by atoms with Crippen LogP contribution in [0.15, 0.2) is 53.0 Å². The van der Waals surface area contributed by atoms with Gasteiger partial charge in [-0.1, -0.05) is 18.2 Å². The molecule has 1 aliphatic rings. The molecular formula is C18H19BrN2O2. The molecule has 2 aromatic carbocycles. The number of hydrogen-bond donors (Lipinski definition) is 0. The lowest BCUT2D eigenvalue weighted by Gasteiger charge is -2.36. The van der Waals surface area contributed by atoms with Gasteiger partial charge in [0.15, 0.2) is 0 Å². The van der Waals surface area contributed by atoms with Crippen LogP contribution in [0.4, 0.5) is 5.69 Å². The van der Waals surface area contributed by atoms with E-state index in [4.69, 9.17) is 4.74 Å². The average molecular weight is 375 g/mol. The molecule has 0 atom stereocenters. The Hall–Kier alpha value is -2.01. The van der Waals surface area contributed by atoms with E-state index < -0.39 is 0 Å². The van der Waals surface area contributed by atoms with E-state index in [1.165, 1.54) is 0 Å². The summed E-state index contributed by atoms with van der Waals surface area (Å²) in [5, 5.41) is 0. The van der Waals surface area contributed by atoms with Crippen LogP contribution in [0.25, 0.3) is 0 Å². The second kappa shape index (κ2) is 7.04. The predicted octanol–water partition coefficient (Wildman–Crippen LogP) is 3.42. The first-order valence-electron chi connectivity index (χ1n) is 7.62. The number of anilines is 1. The van der Waals surface area contributed by atoms with Crippen LogP contribution in [-0.2, 0) is 0 Å². The highest BCUT2D eigenvalue weighted by Crippen LogP contribution is 2.23. The zero-order valence-electron chi connectivity index (χ0n) is 13.0. The highest BCUT2D eigenvalue weighted by Gasteiger charge is 2.23. The molecule has 0 spiro atoms. The Morgan fingerprint density at radius 2 is 1.78 bits per heavy atom. The Morgan fingerprint density at radius 3 is 2.48 bits per heavy atom. The van der Waals surface area contributed by atoms with Gasteiger partial charge in [-0.25, -0.2) is 0 Å². The molecule has 0 radical (unpaired) electrons. The number of carbonyl (C=O) groups excluding carboxylic acids is 1. The summed E-state index contributed by atoms with van der Waals surface area (Å²) in [7, 11) is 1.67. The van der Waals surface area contributed by atoms with Crippen molar-refractivity contribution in [3.05, 3.63) is 58.6 Å². The molecule has 0 bridgehead atoms. The van der Waals surface area contributed by atoms with Crippen molar-refractivity contribution >= 4 is 27.5 Å². The van der Waals surface area contributed by atoms with Crippen LogP contribution in [0.5, 0.6) is 5.75 Å². The summed E-state index contributed by atoms with van der Waals surface area (Å²) in [4.78, 5) is 16.8. The van der Waals surface area contributed by atoms with E-state index in [9.17, 15) is 4.79 Å². The zero-order chi connectivity index (χ0) is 16.2. The second-order valence-electron chi connectivity index (χ2n) is 5.46. The molecule has 2 aromatic rings.